The highest BCUT2D eigenvalue weighted by atomic mass is 19.1. The van der Waals surface area contributed by atoms with Crippen molar-refractivity contribution in [3.63, 3.8) is 0 Å². The smallest absolute Gasteiger partial charge is 0.123 e. The third-order valence-corrected chi connectivity index (χ3v) is 2.17. The van der Waals surface area contributed by atoms with Gasteiger partial charge in [0.1, 0.15) is 5.82 Å². The minimum Gasteiger partial charge on any atom is -0.328 e. The Kier molecular flexibility index (Phi) is 3.43. The van der Waals surface area contributed by atoms with Crippen LogP contribution < -0.4 is 5.73 Å². The monoisotopic (exact) mass is 181 g/mol. The van der Waals surface area contributed by atoms with Crippen LogP contribution in [-0.4, -0.2) is 6.04 Å². The van der Waals surface area contributed by atoms with Gasteiger partial charge in [0.2, 0.25) is 0 Å². The van der Waals surface area contributed by atoms with E-state index in [0.717, 1.165) is 18.4 Å². The molecule has 0 spiro atoms. The van der Waals surface area contributed by atoms with Crippen LogP contribution in [0.15, 0.2) is 18.2 Å². The fraction of sp³-hybridized carbons (Fsp3) is 0.455. The average Bonchev–Trinajstić information content (AvgIpc) is 2.02. The molecule has 0 aliphatic carbocycles. The van der Waals surface area contributed by atoms with Gasteiger partial charge in [0.15, 0.2) is 0 Å². The summed E-state index contributed by atoms with van der Waals surface area (Å²) in [5.74, 6) is -0.165. The Hall–Kier alpha value is -0.890. The minimum atomic E-state index is -0.165. The average molecular weight is 181 g/mol. The molecule has 0 aliphatic rings. The summed E-state index contributed by atoms with van der Waals surface area (Å²) in [6.07, 6.45) is 1.89. The van der Waals surface area contributed by atoms with E-state index in [4.69, 9.17) is 5.73 Å². The molecule has 13 heavy (non-hydrogen) atoms. The van der Waals surface area contributed by atoms with Crippen LogP contribution >= 0.6 is 0 Å². The largest absolute Gasteiger partial charge is 0.328 e. The molecule has 2 N–H and O–H groups in total. The molecule has 0 saturated heterocycles. The second-order valence-corrected chi connectivity index (χ2v) is 3.59. The summed E-state index contributed by atoms with van der Waals surface area (Å²) in [5.41, 5.74) is 7.85. The topological polar surface area (TPSA) is 26.0 Å². The molecule has 0 aromatic heterocycles. The molecular weight excluding hydrogens is 165 g/mol. The first-order valence-electron chi connectivity index (χ1n) is 4.60. The van der Waals surface area contributed by atoms with Gasteiger partial charge in [-0.3, -0.25) is 0 Å². The Labute approximate surface area is 78.8 Å². The third kappa shape index (κ3) is 3.15. The normalized spacial score (nSPS) is 12.9. The number of hydrogen-bond donors (Lipinski definition) is 1. The number of hydrogen-bond acceptors (Lipinski definition) is 1. The molecule has 0 bridgehead atoms. The van der Waals surface area contributed by atoms with Gasteiger partial charge in [0, 0.05) is 6.04 Å². The lowest BCUT2D eigenvalue weighted by molar-refractivity contribution is 0.623. The summed E-state index contributed by atoms with van der Waals surface area (Å²) in [6, 6.07) is 5.12. The predicted octanol–water partition coefficient (Wildman–Crippen LogP) is 2.41. The van der Waals surface area contributed by atoms with Crippen LogP contribution in [0.25, 0.3) is 0 Å². The van der Waals surface area contributed by atoms with Crippen LogP contribution in [0.5, 0.6) is 0 Å². The molecule has 0 amide bonds. The van der Waals surface area contributed by atoms with Crippen LogP contribution in [0.2, 0.25) is 0 Å². The second kappa shape index (κ2) is 4.38. The van der Waals surface area contributed by atoms with Crippen molar-refractivity contribution < 1.29 is 4.39 Å². The van der Waals surface area contributed by atoms with Crippen molar-refractivity contribution in [1.82, 2.24) is 0 Å². The summed E-state index contributed by atoms with van der Waals surface area (Å²) in [6.45, 7) is 3.92. The van der Waals surface area contributed by atoms with Crippen molar-refractivity contribution in [3.05, 3.63) is 35.1 Å². The fourth-order valence-electron chi connectivity index (χ4n) is 1.32. The molecule has 0 aliphatic heterocycles. The zero-order valence-corrected chi connectivity index (χ0v) is 8.18. The second-order valence-electron chi connectivity index (χ2n) is 3.59. The first-order valence-corrected chi connectivity index (χ1v) is 4.60. The highest BCUT2D eigenvalue weighted by molar-refractivity contribution is 5.26. The lowest BCUT2D eigenvalue weighted by atomic mass is 10.0. The molecule has 0 saturated carbocycles. The molecule has 1 nitrogen and oxygen atoms in total. The summed E-state index contributed by atoms with van der Waals surface area (Å²) < 4.78 is 12.7. The maximum atomic E-state index is 12.7. The molecule has 0 heterocycles. The van der Waals surface area contributed by atoms with Crippen molar-refractivity contribution in [3.8, 4) is 0 Å². The highest BCUT2D eigenvalue weighted by Crippen LogP contribution is 2.12. The maximum absolute atomic E-state index is 12.7. The quantitative estimate of drug-likeness (QED) is 0.761. The van der Waals surface area contributed by atoms with Gasteiger partial charge < -0.3 is 5.73 Å². The van der Waals surface area contributed by atoms with Crippen LogP contribution in [0, 0.1) is 12.7 Å². The van der Waals surface area contributed by atoms with Gasteiger partial charge in [-0.25, -0.2) is 4.39 Å². The zero-order valence-electron chi connectivity index (χ0n) is 8.18. The van der Waals surface area contributed by atoms with Gasteiger partial charge in [-0.1, -0.05) is 6.07 Å². The van der Waals surface area contributed by atoms with E-state index in [0.29, 0.717) is 0 Å². The number of halogens is 1. The SMILES string of the molecule is Cc1cc(F)ccc1CC[C@H](C)N. The van der Waals surface area contributed by atoms with Crippen molar-refractivity contribution in [1.29, 1.82) is 0 Å². The number of aryl methyl sites for hydroxylation is 2. The number of rotatable bonds is 3. The zero-order chi connectivity index (χ0) is 9.84. The van der Waals surface area contributed by atoms with E-state index >= 15 is 0 Å². The molecular formula is C11H16FN. The lowest BCUT2D eigenvalue weighted by Crippen LogP contribution is -2.15. The van der Waals surface area contributed by atoms with E-state index < -0.39 is 0 Å². The first-order chi connectivity index (χ1) is 6.09. The molecule has 0 radical (unpaired) electrons. The Morgan fingerprint density at radius 2 is 2.15 bits per heavy atom. The number of nitrogens with two attached hydrogens (primary N) is 1. The van der Waals surface area contributed by atoms with Crippen LogP contribution in [0.3, 0.4) is 0 Å². The van der Waals surface area contributed by atoms with E-state index in [1.54, 1.807) is 6.07 Å². The van der Waals surface area contributed by atoms with Crippen molar-refractivity contribution >= 4 is 0 Å². The lowest BCUT2D eigenvalue weighted by Gasteiger charge is -2.07. The summed E-state index contributed by atoms with van der Waals surface area (Å²) in [5, 5.41) is 0. The molecule has 1 atom stereocenters. The van der Waals surface area contributed by atoms with Gasteiger partial charge in [-0.15, -0.1) is 0 Å². The van der Waals surface area contributed by atoms with Gasteiger partial charge in [0.05, 0.1) is 0 Å². The van der Waals surface area contributed by atoms with E-state index in [2.05, 4.69) is 0 Å². The van der Waals surface area contributed by atoms with E-state index in [-0.39, 0.29) is 11.9 Å². The summed E-state index contributed by atoms with van der Waals surface area (Å²) >= 11 is 0. The third-order valence-electron chi connectivity index (χ3n) is 2.17. The van der Waals surface area contributed by atoms with Gasteiger partial charge in [0.25, 0.3) is 0 Å². The number of benzene rings is 1. The van der Waals surface area contributed by atoms with Crippen molar-refractivity contribution in [2.24, 2.45) is 5.73 Å². The molecule has 1 rings (SSSR count). The standard InChI is InChI=1S/C11H16FN/c1-8-7-11(12)6-5-10(8)4-3-9(2)13/h5-7,9H,3-4,13H2,1-2H3/t9-/m0/s1. The summed E-state index contributed by atoms with van der Waals surface area (Å²) in [4.78, 5) is 0. The fourth-order valence-corrected chi connectivity index (χ4v) is 1.32. The molecule has 1 aromatic rings. The minimum absolute atomic E-state index is 0.165. The Balaban J connectivity index is 2.67. The molecule has 0 fully saturated rings. The molecule has 1 aromatic carbocycles. The Morgan fingerprint density at radius 3 is 2.69 bits per heavy atom. The molecule has 2 heteroatoms. The first kappa shape index (κ1) is 10.2. The molecule has 72 valence electrons. The van der Waals surface area contributed by atoms with Crippen LogP contribution in [-0.2, 0) is 6.42 Å². The Morgan fingerprint density at radius 1 is 1.46 bits per heavy atom. The predicted molar refractivity (Wildman–Crippen MR) is 53.1 cm³/mol. The van der Waals surface area contributed by atoms with Crippen LogP contribution in [0.4, 0.5) is 4.39 Å². The van der Waals surface area contributed by atoms with E-state index in [1.165, 1.54) is 11.6 Å². The van der Waals surface area contributed by atoms with Gasteiger partial charge >= 0.3 is 0 Å². The van der Waals surface area contributed by atoms with Crippen molar-refractivity contribution in [2.75, 3.05) is 0 Å². The van der Waals surface area contributed by atoms with E-state index in [9.17, 15) is 4.39 Å². The highest BCUT2D eigenvalue weighted by Gasteiger charge is 2.01. The van der Waals surface area contributed by atoms with Gasteiger partial charge in [-0.05, 0) is 49.9 Å². The maximum Gasteiger partial charge on any atom is 0.123 e. The van der Waals surface area contributed by atoms with E-state index in [1.807, 2.05) is 19.9 Å². The van der Waals surface area contributed by atoms with Gasteiger partial charge in [-0.2, -0.15) is 0 Å². The van der Waals surface area contributed by atoms with Crippen LogP contribution in [0.1, 0.15) is 24.5 Å². The Bertz CT molecular complexity index is 281. The summed E-state index contributed by atoms with van der Waals surface area (Å²) in [7, 11) is 0. The van der Waals surface area contributed by atoms with Crippen molar-refractivity contribution in [2.45, 2.75) is 32.7 Å². The molecule has 0 unspecified atom stereocenters.